The lowest BCUT2D eigenvalue weighted by Crippen LogP contribution is -2.43. The zero-order chi connectivity index (χ0) is 35.4. The lowest BCUT2D eigenvalue weighted by atomic mass is 9.84. The van der Waals surface area contributed by atoms with Gasteiger partial charge >= 0.3 is 12.2 Å². The normalized spacial score (nSPS) is 32.7. The molecule has 0 radical (unpaired) electrons. The molecule has 0 aromatic rings. The summed E-state index contributed by atoms with van der Waals surface area (Å²) < 4.78 is 22.1. The average Bonchev–Trinajstić information content (AvgIpc) is 2.98. The molecule has 0 aromatic heterocycles. The molecule has 0 aromatic carbocycles. The maximum Gasteiger partial charge on any atom is 0.506 e. The minimum Gasteiger partial charge on any atom is -0.450 e. The highest BCUT2D eigenvalue weighted by atomic mass is 16.7. The second kappa shape index (κ2) is 18.6. The van der Waals surface area contributed by atoms with Gasteiger partial charge in [-0.3, -0.25) is 4.79 Å². The number of carboxylic acid groups (broad SMARTS) is 1. The quantitative estimate of drug-likeness (QED) is 0.163. The summed E-state index contributed by atoms with van der Waals surface area (Å²) in [5, 5.41) is 38.3. The first-order chi connectivity index (χ1) is 22.1. The number of aliphatic hydroxyl groups excluding tert-OH is 2. The van der Waals surface area contributed by atoms with Crippen LogP contribution in [0.1, 0.15) is 40.5 Å². The van der Waals surface area contributed by atoms with Crippen LogP contribution in [0.5, 0.6) is 0 Å². The number of carbonyl (C=O) groups is 3. The maximum absolute atomic E-state index is 13.3. The predicted octanol–water partition coefficient (Wildman–Crippen LogP) is 2.20. The van der Waals surface area contributed by atoms with E-state index < -0.39 is 60.7 Å². The molecule has 2 amide bonds. The molecule has 2 aliphatic rings. The largest absolute Gasteiger partial charge is 0.506 e. The summed E-state index contributed by atoms with van der Waals surface area (Å²) >= 11 is 0. The second-order valence-corrected chi connectivity index (χ2v) is 12.3. The van der Waals surface area contributed by atoms with Crippen molar-refractivity contribution >= 4 is 18.2 Å². The van der Waals surface area contributed by atoms with Crippen molar-refractivity contribution in [1.82, 2.24) is 15.5 Å². The van der Waals surface area contributed by atoms with Crippen LogP contribution in [0.3, 0.4) is 0 Å². The van der Waals surface area contributed by atoms with Gasteiger partial charge in [0.15, 0.2) is 12.2 Å². The SMILES string of the molecule is CO[C@H]1/C=C/C=C(/C)C(=O)NC2=CC(O)C(NCCN(C)C)=C(C[C@@H](C)C[C@H](OC)[C@H](O)[C@@H](C)/C=C(\C)[C@@H]1OC(N)=O)C2OC(=O)O. The van der Waals surface area contributed by atoms with Gasteiger partial charge in [-0.2, -0.15) is 0 Å². The first-order valence-corrected chi connectivity index (χ1v) is 15.5. The Morgan fingerprint density at radius 1 is 1.11 bits per heavy atom. The molecule has 7 N–H and O–H groups in total. The van der Waals surface area contributed by atoms with E-state index in [1.807, 2.05) is 25.9 Å². The van der Waals surface area contributed by atoms with Crippen molar-refractivity contribution in [1.29, 1.82) is 0 Å². The fourth-order valence-corrected chi connectivity index (χ4v) is 5.69. The number of nitrogens with one attached hydrogen (secondary N) is 2. The van der Waals surface area contributed by atoms with Gasteiger partial charge in [-0.25, -0.2) is 9.59 Å². The number of allylic oxidation sites excluding steroid dienone is 2. The van der Waals surface area contributed by atoms with Gasteiger partial charge in [0.05, 0.1) is 17.9 Å². The molecule has 8 atom stereocenters. The van der Waals surface area contributed by atoms with E-state index in [0.29, 0.717) is 36.4 Å². The van der Waals surface area contributed by atoms with E-state index in [9.17, 15) is 29.7 Å². The van der Waals surface area contributed by atoms with Gasteiger partial charge in [-0.15, -0.1) is 0 Å². The Bertz CT molecular complexity index is 1260. The van der Waals surface area contributed by atoms with Gasteiger partial charge in [0, 0.05) is 44.5 Å². The van der Waals surface area contributed by atoms with Crippen molar-refractivity contribution in [2.24, 2.45) is 17.6 Å². The van der Waals surface area contributed by atoms with Gasteiger partial charge in [0.25, 0.3) is 5.91 Å². The van der Waals surface area contributed by atoms with Gasteiger partial charge in [0.1, 0.15) is 12.2 Å². The Kier molecular flexibility index (Phi) is 15.6. The van der Waals surface area contributed by atoms with Crippen LogP contribution < -0.4 is 16.4 Å². The topological polar surface area (TPSA) is 202 Å². The van der Waals surface area contributed by atoms with Crippen LogP contribution in [0.4, 0.5) is 9.59 Å². The van der Waals surface area contributed by atoms with Crippen molar-refractivity contribution in [3.8, 4) is 0 Å². The number of methoxy groups -OCH3 is 2. The molecule has 47 heavy (non-hydrogen) atoms. The Balaban J connectivity index is 2.70. The number of carbonyl (C=O) groups excluding carboxylic acids is 2. The number of likely N-dealkylation sites (N-methyl/N-ethyl adjacent to an activating group) is 1. The molecule has 2 rings (SSSR count). The summed E-state index contributed by atoms with van der Waals surface area (Å²) in [5.41, 5.74) is 7.10. The first-order valence-electron chi connectivity index (χ1n) is 15.5. The van der Waals surface area contributed by atoms with Crippen molar-refractivity contribution in [3.05, 3.63) is 58.5 Å². The average molecular weight is 665 g/mol. The van der Waals surface area contributed by atoms with E-state index in [4.69, 9.17) is 24.7 Å². The Morgan fingerprint density at radius 3 is 2.36 bits per heavy atom. The van der Waals surface area contributed by atoms with Crippen LogP contribution in [0.25, 0.3) is 0 Å². The zero-order valence-corrected chi connectivity index (χ0v) is 28.6. The number of nitrogens with two attached hydrogens (primary N) is 1. The Labute approximate surface area is 276 Å². The third-order valence-electron chi connectivity index (χ3n) is 8.15. The fourth-order valence-electron chi connectivity index (χ4n) is 5.69. The highest BCUT2D eigenvalue weighted by Gasteiger charge is 2.36. The van der Waals surface area contributed by atoms with Gasteiger partial charge < -0.3 is 55.5 Å². The monoisotopic (exact) mass is 664 g/mol. The van der Waals surface area contributed by atoms with E-state index in [1.165, 1.54) is 26.4 Å². The van der Waals surface area contributed by atoms with E-state index in [0.717, 1.165) is 0 Å². The Hall–Kier alpha value is -3.69. The smallest absolute Gasteiger partial charge is 0.450 e. The van der Waals surface area contributed by atoms with E-state index in [1.54, 1.807) is 39.0 Å². The van der Waals surface area contributed by atoms with Crippen molar-refractivity contribution in [3.63, 3.8) is 0 Å². The molecular formula is C33H52N4O10. The zero-order valence-electron chi connectivity index (χ0n) is 28.6. The van der Waals surface area contributed by atoms with Crippen molar-refractivity contribution in [2.45, 2.75) is 77.2 Å². The standard InChI is InChI=1S/C33H52N4O10/c1-18-14-22-27(35-12-13-37(5)6)24(38)17-23(30(22)47-33(42)43)36-31(40)19(2)10-9-11-25(44-7)29(46-32(34)41)21(4)16-20(3)28(39)26(15-18)45-8/h9-11,16-18,20,24-26,28-30,35,38-39H,12-15H2,1-8H3,(H2,34,41)(H,36,40)(H,42,43)/b11-9+,19-10-,21-16+/t18-,20+,24?,25+,26+,28-,29+,30?/m1/s1. The number of primary amides is 1. The summed E-state index contributed by atoms with van der Waals surface area (Å²) in [7, 11) is 6.72. The molecule has 14 heteroatoms. The third kappa shape index (κ3) is 11.8. The number of hydrogen-bond acceptors (Lipinski definition) is 11. The number of hydrogen-bond donors (Lipinski definition) is 6. The van der Waals surface area contributed by atoms with Gasteiger partial charge in [-0.05, 0) is 63.9 Å². The number of ether oxygens (including phenoxy) is 4. The molecule has 14 nitrogen and oxygen atoms in total. The summed E-state index contributed by atoms with van der Waals surface area (Å²) in [6, 6.07) is 0. The number of rotatable bonds is 8. The lowest BCUT2D eigenvalue weighted by molar-refractivity contribution is -0.117. The third-order valence-corrected chi connectivity index (χ3v) is 8.15. The molecule has 0 saturated heterocycles. The molecule has 1 aliphatic heterocycles. The van der Waals surface area contributed by atoms with Crippen LogP contribution in [-0.4, -0.2) is 116 Å². The number of nitrogens with zero attached hydrogens (tertiary/aromatic N) is 1. The molecule has 1 aliphatic carbocycles. The van der Waals surface area contributed by atoms with Crippen LogP contribution >= 0.6 is 0 Å². The van der Waals surface area contributed by atoms with E-state index in [-0.39, 0.29) is 23.6 Å². The highest BCUT2D eigenvalue weighted by molar-refractivity contribution is 5.94. The van der Waals surface area contributed by atoms with E-state index in [2.05, 4.69) is 10.6 Å². The minimum atomic E-state index is -1.56. The second-order valence-electron chi connectivity index (χ2n) is 12.3. The summed E-state index contributed by atoms with van der Waals surface area (Å²) in [5.74, 6) is -1.24. The molecule has 2 unspecified atom stereocenters. The van der Waals surface area contributed by atoms with Crippen LogP contribution in [0.15, 0.2) is 58.5 Å². The molecule has 264 valence electrons. The molecule has 0 fully saturated rings. The number of aliphatic hydroxyl groups is 2. The van der Waals surface area contributed by atoms with Gasteiger partial charge in [-0.1, -0.05) is 38.2 Å². The first kappa shape index (κ1) is 39.5. The van der Waals surface area contributed by atoms with Gasteiger partial charge in [0.2, 0.25) is 0 Å². The summed E-state index contributed by atoms with van der Waals surface area (Å²) in [6.45, 7) is 8.09. The van der Waals surface area contributed by atoms with Crippen molar-refractivity contribution in [2.75, 3.05) is 41.4 Å². The molecule has 2 bridgehead atoms. The van der Waals surface area contributed by atoms with Crippen LogP contribution in [-0.2, 0) is 23.7 Å². The van der Waals surface area contributed by atoms with Crippen molar-refractivity contribution < 1.29 is 48.7 Å². The predicted molar refractivity (Wildman–Crippen MR) is 175 cm³/mol. The molecule has 0 spiro atoms. The van der Waals surface area contributed by atoms with Crippen LogP contribution in [0, 0.1) is 11.8 Å². The molecule has 1 heterocycles. The molecular weight excluding hydrogens is 612 g/mol. The lowest BCUT2D eigenvalue weighted by Gasteiger charge is -2.34. The minimum absolute atomic E-state index is 0.0707. The fraction of sp³-hybridized carbons (Fsp3) is 0.606. The summed E-state index contributed by atoms with van der Waals surface area (Å²) in [4.78, 5) is 39.0. The summed E-state index contributed by atoms with van der Waals surface area (Å²) in [6.07, 6.45) is -0.0130. The number of amides is 2. The Morgan fingerprint density at radius 2 is 1.79 bits per heavy atom. The highest BCUT2D eigenvalue weighted by Crippen LogP contribution is 2.33. The number of fused-ring (bicyclic) bond motifs is 2. The maximum atomic E-state index is 13.3. The molecule has 0 saturated carbocycles. The van der Waals surface area contributed by atoms with Crippen LogP contribution in [0.2, 0.25) is 0 Å². The van der Waals surface area contributed by atoms with E-state index >= 15 is 0 Å².